The standard InChI is InChI=1S/C12H16O4S/c13-8-12(9-3-1-4-9)10-5-2-6-11(7-10)17(14,15)16/h2,5-7,9,12-13H,1,3-4,8H2,(H,14,15,16). The average Bonchev–Trinajstić information content (AvgIpc) is 2.22. The van der Waals surface area contributed by atoms with Gasteiger partial charge < -0.3 is 5.11 Å². The van der Waals surface area contributed by atoms with Gasteiger partial charge in [-0.15, -0.1) is 0 Å². The Labute approximate surface area is 101 Å². The molecule has 1 aliphatic rings. The Kier molecular flexibility index (Phi) is 3.51. The van der Waals surface area contributed by atoms with Crippen LogP contribution in [-0.2, 0) is 10.1 Å². The van der Waals surface area contributed by atoms with Gasteiger partial charge in [0, 0.05) is 5.92 Å². The predicted octanol–water partition coefficient (Wildman–Crippen LogP) is 1.81. The van der Waals surface area contributed by atoms with Gasteiger partial charge in [0.15, 0.2) is 0 Å². The van der Waals surface area contributed by atoms with Crippen molar-refractivity contribution in [3.05, 3.63) is 29.8 Å². The van der Waals surface area contributed by atoms with Crippen molar-refractivity contribution < 1.29 is 18.1 Å². The molecule has 4 nitrogen and oxygen atoms in total. The van der Waals surface area contributed by atoms with E-state index >= 15 is 0 Å². The van der Waals surface area contributed by atoms with Crippen molar-refractivity contribution in [2.45, 2.75) is 30.1 Å². The summed E-state index contributed by atoms with van der Waals surface area (Å²) in [5.41, 5.74) is 0.785. The Hall–Kier alpha value is -0.910. The number of hydrogen-bond donors (Lipinski definition) is 2. The van der Waals surface area contributed by atoms with E-state index in [1.54, 1.807) is 12.1 Å². The van der Waals surface area contributed by atoms with E-state index in [2.05, 4.69) is 0 Å². The largest absolute Gasteiger partial charge is 0.396 e. The molecule has 1 aliphatic carbocycles. The van der Waals surface area contributed by atoms with E-state index in [4.69, 9.17) is 4.55 Å². The maximum atomic E-state index is 11.0. The molecule has 1 atom stereocenters. The van der Waals surface area contributed by atoms with Crippen molar-refractivity contribution in [2.24, 2.45) is 5.92 Å². The Morgan fingerprint density at radius 1 is 1.35 bits per heavy atom. The van der Waals surface area contributed by atoms with Crippen LogP contribution >= 0.6 is 0 Å². The fraction of sp³-hybridized carbons (Fsp3) is 0.500. The molecule has 1 unspecified atom stereocenters. The molecule has 0 aliphatic heterocycles. The summed E-state index contributed by atoms with van der Waals surface area (Å²) in [5, 5.41) is 9.40. The van der Waals surface area contributed by atoms with Crippen LogP contribution in [0, 0.1) is 5.92 Å². The minimum Gasteiger partial charge on any atom is -0.396 e. The Morgan fingerprint density at radius 2 is 2.06 bits per heavy atom. The minimum atomic E-state index is -4.16. The molecular weight excluding hydrogens is 240 g/mol. The molecular formula is C12H16O4S. The smallest absolute Gasteiger partial charge is 0.294 e. The third-order valence-corrected chi connectivity index (χ3v) is 4.35. The van der Waals surface area contributed by atoms with Crippen LogP contribution in [0.15, 0.2) is 29.2 Å². The Bertz CT molecular complexity index is 491. The normalized spacial score (nSPS) is 18.7. The summed E-state index contributed by atoms with van der Waals surface area (Å²) in [6.45, 7) is 0.0135. The molecule has 1 fully saturated rings. The molecule has 2 N–H and O–H groups in total. The molecule has 0 bridgehead atoms. The summed E-state index contributed by atoms with van der Waals surface area (Å²) >= 11 is 0. The summed E-state index contributed by atoms with van der Waals surface area (Å²) in [5.74, 6) is 0.405. The molecule has 0 amide bonds. The van der Waals surface area contributed by atoms with Crippen molar-refractivity contribution >= 4 is 10.1 Å². The average molecular weight is 256 g/mol. The Balaban J connectivity index is 2.31. The molecule has 1 saturated carbocycles. The topological polar surface area (TPSA) is 74.6 Å². The molecule has 0 saturated heterocycles. The molecule has 1 aromatic rings. The third-order valence-electron chi connectivity index (χ3n) is 3.50. The van der Waals surface area contributed by atoms with Gasteiger partial charge >= 0.3 is 0 Å². The van der Waals surface area contributed by atoms with Crippen molar-refractivity contribution in [1.82, 2.24) is 0 Å². The van der Waals surface area contributed by atoms with Gasteiger partial charge in [0.25, 0.3) is 10.1 Å². The lowest BCUT2D eigenvalue weighted by Gasteiger charge is -2.33. The molecule has 94 valence electrons. The van der Waals surface area contributed by atoms with Crippen LogP contribution in [0.4, 0.5) is 0 Å². The van der Waals surface area contributed by atoms with Gasteiger partial charge in [0.1, 0.15) is 0 Å². The van der Waals surface area contributed by atoms with Crippen molar-refractivity contribution in [3.63, 3.8) is 0 Å². The first-order valence-electron chi connectivity index (χ1n) is 5.70. The molecule has 0 aromatic heterocycles. The maximum absolute atomic E-state index is 11.0. The van der Waals surface area contributed by atoms with Crippen LogP contribution in [0.2, 0.25) is 0 Å². The van der Waals surface area contributed by atoms with E-state index < -0.39 is 10.1 Å². The predicted molar refractivity (Wildman–Crippen MR) is 63.4 cm³/mol. The zero-order chi connectivity index (χ0) is 12.5. The van der Waals surface area contributed by atoms with Crippen LogP contribution in [0.5, 0.6) is 0 Å². The molecule has 5 heteroatoms. The SMILES string of the molecule is O=S(=O)(O)c1cccc(C(CO)C2CCC2)c1. The van der Waals surface area contributed by atoms with Crippen LogP contribution < -0.4 is 0 Å². The molecule has 2 rings (SSSR count). The summed E-state index contributed by atoms with van der Waals surface area (Å²) in [7, 11) is -4.16. The highest BCUT2D eigenvalue weighted by Crippen LogP contribution is 2.39. The summed E-state index contributed by atoms with van der Waals surface area (Å²) < 4.78 is 31.1. The van der Waals surface area contributed by atoms with Crippen LogP contribution in [0.3, 0.4) is 0 Å². The zero-order valence-corrected chi connectivity index (χ0v) is 10.2. The van der Waals surface area contributed by atoms with Crippen LogP contribution in [0.25, 0.3) is 0 Å². The van der Waals surface area contributed by atoms with E-state index in [0.717, 1.165) is 18.4 Å². The van der Waals surface area contributed by atoms with Gasteiger partial charge in [-0.05, 0) is 36.5 Å². The first-order chi connectivity index (χ1) is 8.02. The van der Waals surface area contributed by atoms with Gasteiger partial charge in [-0.2, -0.15) is 8.42 Å². The minimum absolute atomic E-state index is 0.0135. The lowest BCUT2D eigenvalue weighted by Crippen LogP contribution is -2.23. The quantitative estimate of drug-likeness (QED) is 0.806. The Morgan fingerprint density at radius 3 is 2.53 bits per heavy atom. The highest BCUT2D eigenvalue weighted by molar-refractivity contribution is 7.85. The lowest BCUT2D eigenvalue weighted by atomic mass is 9.73. The summed E-state index contributed by atoms with van der Waals surface area (Å²) in [6.07, 6.45) is 3.31. The van der Waals surface area contributed by atoms with Crippen molar-refractivity contribution in [1.29, 1.82) is 0 Å². The van der Waals surface area contributed by atoms with E-state index in [1.165, 1.54) is 18.6 Å². The van der Waals surface area contributed by atoms with Gasteiger partial charge in [0.2, 0.25) is 0 Å². The highest BCUT2D eigenvalue weighted by atomic mass is 32.2. The second-order valence-electron chi connectivity index (χ2n) is 4.53. The van der Waals surface area contributed by atoms with Crippen LogP contribution in [0.1, 0.15) is 30.7 Å². The van der Waals surface area contributed by atoms with Gasteiger partial charge in [0.05, 0.1) is 11.5 Å². The third kappa shape index (κ3) is 2.68. The molecule has 0 heterocycles. The molecule has 1 aromatic carbocycles. The van der Waals surface area contributed by atoms with E-state index in [1.807, 2.05) is 0 Å². The first kappa shape index (κ1) is 12.5. The van der Waals surface area contributed by atoms with Crippen molar-refractivity contribution in [2.75, 3.05) is 6.61 Å². The zero-order valence-electron chi connectivity index (χ0n) is 9.41. The number of benzene rings is 1. The van der Waals surface area contributed by atoms with Crippen LogP contribution in [-0.4, -0.2) is 24.7 Å². The number of hydrogen-bond acceptors (Lipinski definition) is 3. The number of aliphatic hydroxyl groups excluding tert-OH is 1. The first-order valence-corrected chi connectivity index (χ1v) is 7.14. The highest BCUT2D eigenvalue weighted by Gasteiger charge is 2.28. The van der Waals surface area contributed by atoms with Crippen molar-refractivity contribution in [3.8, 4) is 0 Å². The van der Waals surface area contributed by atoms with Gasteiger partial charge in [-0.3, -0.25) is 4.55 Å². The fourth-order valence-corrected chi connectivity index (χ4v) is 2.81. The monoisotopic (exact) mass is 256 g/mol. The number of aliphatic hydroxyl groups is 1. The van der Waals surface area contributed by atoms with E-state index in [9.17, 15) is 13.5 Å². The number of rotatable bonds is 4. The molecule has 0 spiro atoms. The van der Waals surface area contributed by atoms with Gasteiger partial charge in [-0.1, -0.05) is 18.6 Å². The van der Waals surface area contributed by atoms with E-state index in [0.29, 0.717) is 5.92 Å². The lowest BCUT2D eigenvalue weighted by molar-refractivity contribution is 0.173. The second-order valence-corrected chi connectivity index (χ2v) is 5.95. The molecule has 0 radical (unpaired) electrons. The van der Waals surface area contributed by atoms with E-state index in [-0.39, 0.29) is 17.4 Å². The second kappa shape index (κ2) is 4.76. The summed E-state index contributed by atoms with van der Waals surface area (Å²) in [4.78, 5) is -0.104. The maximum Gasteiger partial charge on any atom is 0.294 e. The van der Waals surface area contributed by atoms with Gasteiger partial charge in [-0.25, -0.2) is 0 Å². The fourth-order valence-electron chi connectivity index (χ4n) is 2.27. The summed E-state index contributed by atoms with van der Waals surface area (Å²) in [6, 6.07) is 6.20. The molecule has 17 heavy (non-hydrogen) atoms.